The van der Waals surface area contributed by atoms with Crippen LogP contribution in [0.1, 0.15) is 25.7 Å². The van der Waals surface area contributed by atoms with Crippen LogP contribution in [-0.2, 0) is 4.74 Å². The third kappa shape index (κ3) is 4.67. The number of hydrogen-bond donors (Lipinski definition) is 1. The summed E-state index contributed by atoms with van der Waals surface area (Å²) in [7, 11) is 1.65. The minimum atomic E-state index is -0.264. The Bertz CT molecular complexity index is 874. The fourth-order valence-electron chi connectivity index (χ4n) is 5.54. The molecular formula is C24H31FN4O2. The van der Waals surface area contributed by atoms with Gasteiger partial charge in [0.2, 0.25) is 0 Å². The molecule has 3 aliphatic rings. The zero-order valence-electron chi connectivity index (χ0n) is 18.1. The normalized spacial score (nSPS) is 26.7. The van der Waals surface area contributed by atoms with Crippen LogP contribution < -0.4 is 10.1 Å². The van der Waals surface area contributed by atoms with E-state index in [1.165, 1.54) is 57.5 Å². The van der Waals surface area contributed by atoms with E-state index < -0.39 is 0 Å². The molecule has 0 spiro atoms. The maximum absolute atomic E-state index is 13.2. The Morgan fingerprint density at radius 2 is 1.81 bits per heavy atom. The molecular weight excluding hydrogens is 395 g/mol. The standard InChI is InChI=1S/C24H31FN4O2/c1-30-23-12-22(17-2-4-20(25)5-3-17)27-28-24(23)26-21-10-18-14-29(15-19(18)11-21)13-16-6-8-31-9-7-16/h2-5,12,16,18-19,21H,6-11,13-15H2,1H3,(H,26,28)/t18-,19+,21-. The molecule has 31 heavy (non-hydrogen) atoms. The van der Waals surface area contributed by atoms with Gasteiger partial charge in [0.25, 0.3) is 0 Å². The quantitative estimate of drug-likeness (QED) is 0.757. The topological polar surface area (TPSA) is 59.5 Å². The Hall–Kier alpha value is -2.25. The number of nitrogens with one attached hydrogen (secondary N) is 1. The summed E-state index contributed by atoms with van der Waals surface area (Å²) in [6.45, 7) is 5.53. The third-order valence-corrected chi connectivity index (χ3v) is 7.14. The number of benzene rings is 1. The maximum Gasteiger partial charge on any atom is 0.191 e. The van der Waals surface area contributed by atoms with E-state index in [4.69, 9.17) is 9.47 Å². The molecule has 3 heterocycles. The van der Waals surface area contributed by atoms with E-state index in [1.54, 1.807) is 19.2 Å². The molecule has 1 aromatic carbocycles. The second-order valence-electron chi connectivity index (χ2n) is 9.26. The number of ether oxygens (including phenoxy) is 2. The van der Waals surface area contributed by atoms with Gasteiger partial charge in [0.1, 0.15) is 5.82 Å². The zero-order valence-corrected chi connectivity index (χ0v) is 18.1. The number of rotatable bonds is 6. The van der Waals surface area contributed by atoms with Gasteiger partial charge in [-0.15, -0.1) is 10.2 Å². The summed E-state index contributed by atoms with van der Waals surface area (Å²) in [5.74, 6) is 3.43. The van der Waals surface area contributed by atoms with Crippen LogP contribution in [0.25, 0.3) is 11.3 Å². The highest BCUT2D eigenvalue weighted by molar-refractivity contribution is 5.64. The number of anilines is 1. The molecule has 7 heteroatoms. The SMILES string of the molecule is COc1cc(-c2ccc(F)cc2)nnc1N[C@@H]1C[C@@H]2CN(CC3CCOCC3)C[C@@H]2C1. The maximum atomic E-state index is 13.2. The number of nitrogens with zero attached hydrogens (tertiary/aromatic N) is 3. The van der Waals surface area contributed by atoms with Gasteiger partial charge in [0.05, 0.1) is 12.8 Å². The first-order valence-electron chi connectivity index (χ1n) is 11.4. The number of halogens is 1. The van der Waals surface area contributed by atoms with Crippen LogP contribution in [0.2, 0.25) is 0 Å². The van der Waals surface area contributed by atoms with Crippen molar-refractivity contribution in [3.05, 3.63) is 36.1 Å². The van der Waals surface area contributed by atoms with Gasteiger partial charge in [-0.1, -0.05) is 0 Å². The lowest BCUT2D eigenvalue weighted by molar-refractivity contribution is 0.0545. The van der Waals surface area contributed by atoms with Gasteiger partial charge in [-0.25, -0.2) is 4.39 Å². The first-order valence-corrected chi connectivity index (χ1v) is 11.4. The van der Waals surface area contributed by atoms with Crippen LogP contribution in [0.4, 0.5) is 10.2 Å². The molecule has 0 bridgehead atoms. The van der Waals surface area contributed by atoms with Crippen molar-refractivity contribution in [2.24, 2.45) is 17.8 Å². The molecule has 1 aliphatic carbocycles. The van der Waals surface area contributed by atoms with Crippen LogP contribution in [0.15, 0.2) is 30.3 Å². The van der Waals surface area contributed by atoms with Gasteiger partial charge < -0.3 is 19.7 Å². The molecule has 1 aromatic heterocycles. The van der Waals surface area contributed by atoms with Crippen molar-refractivity contribution in [3.8, 4) is 17.0 Å². The van der Waals surface area contributed by atoms with Crippen molar-refractivity contribution in [1.82, 2.24) is 15.1 Å². The van der Waals surface area contributed by atoms with Crippen LogP contribution in [-0.4, -0.2) is 61.1 Å². The average Bonchev–Trinajstić information content (AvgIpc) is 3.33. The van der Waals surface area contributed by atoms with Gasteiger partial charge in [-0.3, -0.25) is 0 Å². The average molecular weight is 427 g/mol. The summed E-state index contributed by atoms with van der Waals surface area (Å²) in [4.78, 5) is 2.68. The monoisotopic (exact) mass is 426 g/mol. The molecule has 0 amide bonds. The minimum absolute atomic E-state index is 0.264. The summed E-state index contributed by atoms with van der Waals surface area (Å²) in [6.07, 6.45) is 4.75. The van der Waals surface area contributed by atoms with Crippen molar-refractivity contribution in [1.29, 1.82) is 0 Å². The molecule has 1 N–H and O–H groups in total. The van der Waals surface area contributed by atoms with E-state index in [0.29, 0.717) is 23.3 Å². The molecule has 5 rings (SSSR count). The van der Waals surface area contributed by atoms with Gasteiger partial charge in [-0.05, 0) is 67.7 Å². The van der Waals surface area contributed by atoms with Crippen LogP contribution in [0.5, 0.6) is 5.75 Å². The summed E-state index contributed by atoms with van der Waals surface area (Å²) in [5, 5.41) is 12.3. The van der Waals surface area contributed by atoms with E-state index in [0.717, 1.165) is 36.5 Å². The van der Waals surface area contributed by atoms with Crippen molar-refractivity contribution in [3.63, 3.8) is 0 Å². The third-order valence-electron chi connectivity index (χ3n) is 7.14. The largest absolute Gasteiger partial charge is 0.493 e. The van der Waals surface area contributed by atoms with Crippen molar-refractivity contribution in [2.75, 3.05) is 45.3 Å². The van der Waals surface area contributed by atoms with Crippen molar-refractivity contribution < 1.29 is 13.9 Å². The fraction of sp³-hybridized carbons (Fsp3) is 0.583. The Balaban J connectivity index is 1.18. The van der Waals surface area contributed by atoms with Crippen LogP contribution in [0.3, 0.4) is 0 Å². The Kier molecular flexibility index (Phi) is 6.05. The predicted octanol–water partition coefficient (Wildman–Crippen LogP) is 3.84. The van der Waals surface area contributed by atoms with Gasteiger partial charge in [0, 0.05) is 50.5 Å². The summed E-state index contributed by atoms with van der Waals surface area (Å²) >= 11 is 0. The van der Waals surface area contributed by atoms with E-state index in [9.17, 15) is 4.39 Å². The molecule has 0 unspecified atom stereocenters. The summed E-state index contributed by atoms with van der Waals surface area (Å²) in [5.41, 5.74) is 1.49. The van der Waals surface area contributed by atoms with Gasteiger partial charge in [-0.2, -0.15) is 0 Å². The van der Waals surface area contributed by atoms with Gasteiger partial charge in [0.15, 0.2) is 11.6 Å². The van der Waals surface area contributed by atoms with E-state index in [1.807, 2.05) is 6.07 Å². The van der Waals surface area contributed by atoms with E-state index in [-0.39, 0.29) is 5.82 Å². The highest BCUT2D eigenvalue weighted by Crippen LogP contribution is 2.40. The fourth-order valence-corrected chi connectivity index (χ4v) is 5.54. The minimum Gasteiger partial charge on any atom is -0.493 e. The molecule has 6 nitrogen and oxygen atoms in total. The second kappa shape index (κ2) is 9.09. The molecule has 2 aromatic rings. The number of methoxy groups -OCH3 is 1. The van der Waals surface area contributed by atoms with E-state index >= 15 is 0 Å². The van der Waals surface area contributed by atoms with Gasteiger partial charge >= 0.3 is 0 Å². The zero-order chi connectivity index (χ0) is 21.2. The van der Waals surface area contributed by atoms with Crippen LogP contribution in [0, 0.1) is 23.6 Å². The predicted molar refractivity (Wildman–Crippen MR) is 118 cm³/mol. The number of fused-ring (bicyclic) bond motifs is 1. The highest BCUT2D eigenvalue weighted by atomic mass is 19.1. The molecule has 1 saturated carbocycles. The van der Waals surface area contributed by atoms with E-state index in [2.05, 4.69) is 20.4 Å². The summed E-state index contributed by atoms with van der Waals surface area (Å²) in [6, 6.07) is 8.54. The highest BCUT2D eigenvalue weighted by Gasteiger charge is 2.41. The molecule has 2 saturated heterocycles. The number of aromatic nitrogens is 2. The first kappa shape index (κ1) is 20.6. The summed E-state index contributed by atoms with van der Waals surface area (Å²) < 4.78 is 24.3. The lowest BCUT2D eigenvalue weighted by atomic mass is 10.00. The number of likely N-dealkylation sites (tertiary alicyclic amines) is 1. The lowest BCUT2D eigenvalue weighted by Gasteiger charge is -2.27. The Labute approximate surface area is 183 Å². The smallest absolute Gasteiger partial charge is 0.191 e. The first-order chi connectivity index (χ1) is 15.2. The molecule has 3 fully saturated rings. The molecule has 2 aliphatic heterocycles. The van der Waals surface area contributed by atoms with Crippen molar-refractivity contribution in [2.45, 2.75) is 31.7 Å². The molecule has 3 atom stereocenters. The molecule has 166 valence electrons. The van der Waals surface area contributed by atoms with Crippen molar-refractivity contribution >= 4 is 5.82 Å². The number of hydrogen-bond acceptors (Lipinski definition) is 6. The lowest BCUT2D eigenvalue weighted by Crippen LogP contribution is -2.32. The second-order valence-corrected chi connectivity index (χ2v) is 9.26. The Morgan fingerprint density at radius 3 is 2.48 bits per heavy atom. The molecule has 0 radical (unpaired) electrons. The Morgan fingerprint density at radius 1 is 1.10 bits per heavy atom. The van der Waals surface area contributed by atoms with Crippen LogP contribution >= 0.6 is 0 Å².